The molecule has 2 aliphatic heterocycles. The highest BCUT2D eigenvalue weighted by Crippen LogP contribution is 2.39. The molecule has 2 heterocycles. The molecule has 0 saturated carbocycles. The predicted molar refractivity (Wildman–Crippen MR) is 80.4 cm³/mol. The van der Waals surface area contributed by atoms with Crippen molar-refractivity contribution in [3.8, 4) is 0 Å². The summed E-state index contributed by atoms with van der Waals surface area (Å²) in [6, 6.07) is 7.32. The zero-order valence-electron chi connectivity index (χ0n) is 12.4. The van der Waals surface area contributed by atoms with E-state index in [1.165, 1.54) is 25.7 Å². The van der Waals surface area contributed by atoms with Crippen molar-refractivity contribution in [1.82, 2.24) is 4.90 Å². The largest absolute Gasteiger partial charge is 0.478 e. The minimum Gasteiger partial charge on any atom is -0.478 e. The first-order valence-electron chi connectivity index (χ1n) is 7.79. The van der Waals surface area contributed by atoms with Crippen LogP contribution in [0.5, 0.6) is 0 Å². The molecule has 21 heavy (non-hydrogen) atoms. The smallest absolute Gasteiger partial charge is 0.335 e. The van der Waals surface area contributed by atoms with Crippen LogP contribution in [0.15, 0.2) is 24.3 Å². The molecule has 1 aromatic rings. The molecule has 1 aromatic carbocycles. The molecule has 1 N–H and O–H groups in total. The fourth-order valence-corrected chi connectivity index (χ4v) is 3.72. The molecular formula is C17H23NO3. The molecule has 0 bridgehead atoms. The second-order valence-electron chi connectivity index (χ2n) is 6.43. The van der Waals surface area contributed by atoms with E-state index >= 15 is 0 Å². The van der Waals surface area contributed by atoms with Gasteiger partial charge in [0.1, 0.15) is 0 Å². The van der Waals surface area contributed by atoms with Crippen molar-refractivity contribution in [3.05, 3.63) is 35.4 Å². The van der Waals surface area contributed by atoms with Crippen LogP contribution in [0.4, 0.5) is 0 Å². The number of likely N-dealkylation sites (tertiary alicyclic amines) is 1. The summed E-state index contributed by atoms with van der Waals surface area (Å²) in [4.78, 5) is 13.5. The maximum atomic E-state index is 11.1. The van der Waals surface area contributed by atoms with Crippen molar-refractivity contribution >= 4 is 5.97 Å². The van der Waals surface area contributed by atoms with Gasteiger partial charge in [0.15, 0.2) is 0 Å². The van der Waals surface area contributed by atoms with Gasteiger partial charge in [0, 0.05) is 26.3 Å². The van der Waals surface area contributed by atoms with Gasteiger partial charge in [0.05, 0.1) is 5.56 Å². The third-order valence-electron chi connectivity index (χ3n) is 4.87. The van der Waals surface area contributed by atoms with Gasteiger partial charge < -0.3 is 9.84 Å². The Bertz CT molecular complexity index is 503. The van der Waals surface area contributed by atoms with E-state index in [2.05, 4.69) is 4.90 Å². The Hall–Kier alpha value is -1.39. The number of rotatable bonds is 3. The van der Waals surface area contributed by atoms with Gasteiger partial charge in [-0.2, -0.15) is 0 Å². The maximum Gasteiger partial charge on any atom is 0.335 e. The van der Waals surface area contributed by atoms with E-state index in [0.29, 0.717) is 11.0 Å². The van der Waals surface area contributed by atoms with Crippen molar-refractivity contribution in [2.75, 3.05) is 26.3 Å². The predicted octanol–water partition coefficient (Wildman–Crippen LogP) is 2.78. The number of hydrogen-bond donors (Lipinski definition) is 1. The van der Waals surface area contributed by atoms with Crippen LogP contribution in [-0.4, -0.2) is 42.3 Å². The lowest BCUT2D eigenvalue weighted by atomic mass is 9.74. The number of ether oxygens (including phenoxy) is 1. The molecule has 2 saturated heterocycles. The van der Waals surface area contributed by atoms with E-state index in [1.54, 1.807) is 12.1 Å². The summed E-state index contributed by atoms with van der Waals surface area (Å²) < 4.78 is 5.51. The summed E-state index contributed by atoms with van der Waals surface area (Å²) in [6.07, 6.45) is 4.87. The van der Waals surface area contributed by atoms with E-state index < -0.39 is 5.97 Å². The average molecular weight is 289 g/mol. The zero-order chi connectivity index (χ0) is 14.7. The highest BCUT2D eigenvalue weighted by atomic mass is 16.5. The first-order valence-corrected chi connectivity index (χ1v) is 7.79. The number of nitrogens with zero attached hydrogens (tertiary/aromatic N) is 1. The van der Waals surface area contributed by atoms with E-state index in [1.807, 2.05) is 12.1 Å². The van der Waals surface area contributed by atoms with Crippen LogP contribution in [0.25, 0.3) is 0 Å². The van der Waals surface area contributed by atoms with Gasteiger partial charge in [-0.15, -0.1) is 0 Å². The SMILES string of the molecule is O=C(O)c1cccc(CN2CCCC3(CCOCC3)C2)c1. The van der Waals surface area contributed by atoms with Gasteiger partial charge in [0.2, 0.25) is 0 Å². The third kappa shape index (κ3) is 3.44. The number of benzene rings is 1. The molecule has 0 aromatic heterocycles. The Morgan fingerprint density at radius 2 is 2.10 bits per heavy atom. The Kier molecular flexibility index (Phi) is 4.27. The molecule has 2 fully saturated rings. The first kappa shape index (κ1) is 14.5. The standard InChI is InChI=1S/C17H23NO3/c19-16(20)15-4-1-3-14(11-15)12-18-8-2-5-17(13-18)6-9-21-10-7-17/h1,3-4,11H,2,5-10,12-13H2,(H,19,20). The van der Waals surface area contributed by atoms with Gasteiger partial charge in [-0.05, 0) is 55.3 Å². The van der Waals surface area contributed by atoms with Gasteiger partial charge in [0.25, 0.3) is 0 Å². The summed E-state index contributed by atoms with van der Waals surface area (Å²) in [7, 11) is 0. The Balaban J connectivity index is 1.67. The van der Waals surface area contributed by atoms with Crippen LogP contribution in [0.3, 0.4) is 0 Å². The molecule has 0 aliphatic carbocycles. The second kappa shape index (κ2) is 6.16. The van der Waals surface area contributed by atoms with Crippen LogP contribution in [0, 0.1) is 5.41 Å². The van der Waals surface area contributed by atoms with E-state index in [4.69, 9.17) is 9.84 Å². The summed E-state index contributed by atoms with van der Waals surface area (Å²) in [5.74, 6) is -0.851. The molecule has 0 amide bonds. The van der Waals surface area contributed by atoms with Crippen molar-refractivity contribution in [1.29, 1.82) is 0 Å². The van der Waals surface area contributed by atoms with Crippen LogP contribution < -0.4 is 0 Å². The van der Waals surface area contributed by atoms with Gasteiger partial charge >= 0.3 is 5.97 Å². The number of aromatic carboxylic acids is 1. The zero-order valence-corrected chi connectivity index (χ0v) is 12.4. The summed E-state index contributed by atoms with van der Waals surface area (Å²) >= 11 is 0. The van der Waals surface area contributed by atoms with E-state index in [9.17, 15) is 4.79 Å². The van der Waals surface area contributed by atoms with Gasteiger partial charge in [-0.25, -0.2) is 4.79 Å². The lowest BCUT2D eigenvalue weighted by Crippen LogP contribution is -2.45. The van der Waals surface area contributed by atoms with Crippen LogP contribution in [-0.2, 0) is 11.3 Å². The molecule has 114 valence electrons. The average Bonchev–Trinajstić information content (AvgIpc) is 2.48. The minimum absolute atomic E-state index is 0.380. The van der Waals surface area contributed by atoms with Crippen molar-refractivity contribution in [2.45, 2.75) is 32.2 Å². The fourth-order valence-electron chi connectivity index (χ4n) is 3.72. The number of hydrogen-bond acceptors (Lipinski definition) is 3. The summed E-state index contributed by atoms with van der Waals surface area (Å²) in [5.41, 5.74) is 1.91. The lowest BCUT2D eigenvalue weighted by Gasteiger charge is -2.45. The number of piperidine rings is 1. The monoisotopic (exact) mass is 289 g/mol. The topological polar surface area (TPSA) is 49.8 Å². The Morgan fingerprint density at radius 3 is 2.86 bits per heavy atom. The summed E-state index contributed by atoms with van der Waals surface area (Å²) in [5, 5.41) is 9.09. The Labute approximate surface area is 125 Å². The molecule has 4 heteroatoms. The molecule has 3 rings (SSSR count). The highest BCUT2D eigenvalue weighted by molar-refractivity contribution is 5.87. The molecular weight excluding hydrogens is 266 g/mol. The number of carboxylic acids is 1. The Morgan fingerprint density at radius 1 is 1.29 bits per heavy atom. The maximum absolute atomic E-state index is 11.1. The van der Waals surface area contributed by atoms with Crippen LogP contribution in [0.1, 0.15) is 41.6 Å². The van der Waals surface area contributed by atoms with Crippen LogP contribution in [0.2, 0.25) is 0 Å². The molecule has 4 nitrogen and oxygen atoms in total. The molecule has 0 unspecified atom stereocenters. The minimum atomic E-state index is -0.851. The molecule has 0 radical (unpaired) electrons. The molecule has 1 spiro atoms. The third-order valence-corrected chi connectivity index (χ3v) is 4.87. The summed E-state index contributed by atoms with van der Waals surface area (Å²) in [6.45, 7) is 4.86. The number of carbonyl (C=O) groups is 1. The normalized spacial score (nSPS) is 22.3. The van der Waals surface area contributed by atoms with Crippen molar-refractivity contribution < 1.29 is 14.6 Å². The van der Waals surface area contributed by atoms with Crippen molar-refractivity contribution in [3.63, 3.8) is 0 Å². The highest BCUT2D eigenvalue weighted by Gasteiger charge is 2.36. The molecule has 0 atom stereocenters. The molecule has 2 aliphatic rings. The van der Waals surface area contributed by atoms with Gasteiger partial charge in [-0.3, -0.25) is 4.90 Å². The first-order chi connectivity index (χ1) is 10.2. The van der Waals surface area contributed by atoms with Gasteiger partial charge in [-0.1, -0.05) is 12.1 Å². The second-order valence-corrected chi connectivity index (χ2v) is 6.43. The fraction of sp³-hybridized carbons (Fsp3) is 0.588. The lowest BCUT2D eigenvalue weighted by molar-refractivity contribution is -0.0291. The van der Waals surface area contributed by atoms with Crippen molar-refractivity contribution in [2.24, 2.45) is 5.41 Å². The van der Waals surface area contributed by atoms with E-state index in [0.717, 1.165) is 38.4 Å². The van der Waals surface area contributed by atoms with E-state index in [-0.39, 0.29) is 0 Å². The quantitative estimate of drug-likeness (QED) is 0.929. The van der Waals surface area contributed by atoms with Crippen LogP contribution >= 0.6 is 0 Å². The number of carboxylic acid groups (broad SMARTS) is 1.